The molecule has 2 N–H and O–H groups in total. The molecule has 1 aromatic heterocycles. The topological polar surface area (TPSA) is 108 Å². The highest BCUT2D eigenvalue weighted by Crippen LogP contribution is 2.46. The van der Waals surface area contributed by atoms with Crippen LogP contribution in [0.2, 0.25) is 0 Å². The van der Waals surface area contributed by atoms with Gasteiger partial charge in [-0.15, -0.1) is 0 Å². The molecule has 30 heavy (non-hydrogen) atoms. The fraction of sp³-hybridized carbons (Fsp3) is 0.217. The molecule has 0 fully saturated rings. The zero-order valence-corrected chi connectivity index (χ0v) is 17.0. The smallest absolute Gasteiger partial charge is 0.205 e. The Balaban J connectivity index is 2.09. The molecule has 2 heterocycles. The van der Waals surface area contributed by atoms with E-state index in [-0.39, 0.29) is 16.9 Å². The molecule has 1 aliphatic heterocycles. The van der Waals surface area contributed by atoms with Crippen molar-refractivity contribution < 1.29 is 18.6 Å². The van der Waals surface area contributed by atoms with Crippen molar-refractivity contribution in [2.24, 2.45) is 5.73 Å². The number of hydrogen-bond donors (Lipinski definition) is 1. The van der Waals surface area contributed by atoms with Gasteiger partial charge in [0.1, 0.15) is 28.9 Å². The van der Waals surface area contributed by atoms with Gasteiger partial charge in [-0.2, -0.15) is 5.26 Å². The normalized spacial score (nSPS) is 15.4. The number of nitrogens with zero attached hydrogens (tertiary/aromatic N) is 1. The summed E-state index contributed by atoms with van der Waals surface area (Å²) in [5, 5.41) is 10.8. The first-order valence-corrected chi connectivity index (χ1v) is 9.27. The van der Waals surface area contributed by atoms with E-state index in [4.69, 9.17) is 24.4 Å². The van der Waals surface area contributed by atoms with Crippen LogP contribution < -0.4 is 25.4 Å². The second-order valence-corrected chi connectivity index (χ2v) is 6.99. The number of nitrogens with two attached hydrogens (primary N) is 1. The van der Waals surface area contributed by atoms with E-state index in [0.717, 1.165) is 5.56 Å². The van der Waals surface area contributed by atoms with Gasteiger partial charge in [-0.05, 0) is 37.6 Å². The Bertz CT molecular complexity index is 1310. The molecule has 1 aliphatic rings. The second-order valence-electron chi connectivity index (χ2n) is 6.99. The van der Waals surface area contributed by atoms with E-state index < -0.39 is 5.92 Å². The third-order valence-corrected chi connectivity index (χ3v) is 5.35. The number of methoxy groups -OCH3 is 2. The van der Waals surface area contributed by atoms with Crippen LogP contribution in [-0.4, -0.2) is 14.2 Å². The van der Waals surface area contributed by atoms with E-state index in [9.17, 15) is 10.1 Å². The highest BCUT2D eigenvalue weighted by molar-refractivity contribution is 5.93. The maximum atomic E-state index is 12.8. The number of aryl methyl sites for hydroxylation is 2. The molecule has 1 unspecified atom stereocenters. The van der Waals surface area contributed by atoms with E-state index in [1.54, 1.807) is 46.3 Å². The summed E-state index contributed by atoms with van der Waals surface area (Å²) in [4.78, 5) is 12.8. The van der Waals surface area contributed by atoms with Gasteiger partial charge >= 0.3 is 0 Å². The van der Waals surface area contributed by atoms with E-state index in [1.807, 2.05) is 6.07 Å². The third kappa shape index (κ3) is 2.77. The standard InChI is InChI=1S/C23H20N2O5/c1-11-19-16(26)7-6-14-21(13-5-8-17(27-3)18(9-13)28-4)15(10-24)23(25)30-22(14)20(19)12(2)29-11/h5-9,21H,25H2,1-4H3. The van der Waals surface area contributed by atoms with Crippen molar-refractivity contribution in [3.05, 3.63) is 74.7 Å². The molecule has 0 bridgehead atoms. The number of hydrogen-bond acceptors (Lipinski definition) is 7. The lowest BCUT2D eigenvalue weighted by molar-refractivity contribution is 0.354. The maximum Gasteiger partial charge on any atom is 0.205 e. The molecule has 0 spiro atoms. The van der Waals surface area contributed by atoms with Gasteiger partial charge in [0.25, 0.3) is 0 Å². The van der Waals surface area contributed by atoms with Crippen molar-refractivity contribution in [3.63, 3.8) is 0 Å². The fourth-order valence-corrected chi connectivity index (χ4v) is 4.02. The summed E-state index contributed by atoms with van der Waals surface area (Å²) in [6.07, 6.45) is 0. The molecule has 7 heteroatoms. The lowest BCUT2D eigenvalue weighted by atomic mass is 9.83. The highest BCUT2D eigenvalue weighted by Gasteiger charge is 2.33. The molecular formula is C23H20N2O5. The largest absolute Gasteiger partial charge is 0.493 e. The summed E-state index contributed by atoms with van der Waals surface area (Å²) >= 11 is 0. The fourth-order valence-electron chi connectivity index (χ4n) is 4.02. The van der Waals surface area contributed by atoms with Gasteiger partial charge in [0.2, 0.25) is 5.88 Å². The van der Waals surface area contributed by atoms with Crippen LogP contribution >= 0.6 is 0 Å². The van der Waals surface area contributed by atoms with Crippen molar-refractivity contribution in [1.29, 1.82) is 5.26 Å². The van der Waals surface area contributed by atoms with Crippen LogP contribution in [0.3, 0.4) is 0 Å². The quantitative estimate of drug-likeness (QED) is 0.710. The van der Waals surface area contributed by atoms with E-state index >= 15 is 0 Å². The molecule has 152 valence electrons. The number of ether oxygens (including phenoxy) is 3. The molecule has 4 rings (SSSR count). The minimum absolute atomic E-state index is 0.0111. The number of nitriles is 1. The molecule has 1 atom stereocenters. The van der Waals surface area contributed by atoms with Crippen LogP contribution in [0, 0.1) is 25.2 Å². The van der Waals surface area contributed by atoms with E-state index in [0.29, 0.717) is 45.1 Å². The van der Waals surface area contributed by atoms with Crippen LogP contribution in [0.4, 0.5) is 0 Å². The Kier molecular flexibility index (Phi) is 4.63. The van der Waals surface area contributed by atoms with Crippen LogP contribution in [0.25, 0.3) is 10.8 Å². The monoisotopic (exact) mass is 404 g/mol. The number of furan rings is 1. The first kappa shape index (κ1) is 19.4. The predicted molar refractivity (Wildman–Crippen MR) is 111 cm³/mol. The average Bonchev–Trinajstić information content (AvgIpc) is 2.95. The Hall–Kier alpha value is -3.92. The van der Waals surface area contributed by atoms with Crippen LogP contribution in [0.15, 0.2) is 51.0 Å². The molecule has 0 saturated heterocycles. The van der Waals surface area contributed by atoms with Gasteiger partial charge in [0.05, 0.1) is 30.9 Å². The number of allylic oxidation sites excluding steroid dienone is 1. The average molecular weight is 404 g/mol. The lowest BCUT2D eigenvalue weighted by Gasteiger charge is -2.26. The van der Waals surface area contributed by atoms with Crippen LogP contribution in [0.5, 0.6) is 17.2 Å². The second kappa shape index (κ2) is 7.16. The minimum Gasteiger partial charge on any atom is -0.493 e. The van der Waals surface area contributed by atoms with Crippen molar-refractivity contribution in [3.8, 4) is 23.3 Å². The van der Waals surface area contributed by atoms with Gasteiger partial charge < -0.3 is 24.4 Å². The number of fused-ring (bicyclic) bond motifs is 3. The third-order valence-electron chi connectivity index (χ3n) is 5.35. The zero-order chi connectivity index (χ0) is 21.6. The molecule has 3 aromatic rings. The zero-order valence-electron chi connectivity index (χ0n) is 17.0. The molecular weight excluding hydrogens is 384 g/mol. The molecule has 7 nitrogen and oxygen atoms in total. The van der Waals surface area contributed by atoms with Gasteiger partial charge in [0.15, 0.2) is 16.9 Å². The van der Waals surface area contributed by atoms with Crippen LogP contribution in [0.1, 0.15) is 28.6 Å². The summed E-state index contributed by atoms with van der Waals surface area (Å²) in [5.74, 6) is 1.98. The minimum atomic E-state index is -0.553. The van der Waals surface area contributed by atoms with Crippen LogP contribution in [-0.2, 0) is 0 Å². The molecule has 2 aromatic carbocycles. The van der Waals surface area contributed by atoms with Crippen molar-refractivity contribution in [2.45, 2.75) is 19.8 Å². The summed E-state index contributed by atoms with van der Waals surface area (Å²) in [5.41, 5.74) is 7.60. The van der Waals surface area contributed by atoms with Crippen molar-refractivity contribution >= 4 is 10.8 Å². The lowest BCUT2D eigenvalue weighted by Crippen LogP contribution is -2.20. The molecule has 0 radical (unpaired) electrons. The van der Waals surface area contributed by atoms with Gasteiger partial charge in [0, 0.05) is 5.56 Å². The molecule has 0 aliphatic carbocycles. The van der Waals surface area contributed by atoms with E-state index in [1.165, 1.54) is 6.07 Å². The van der Waals surface area contributed by atoms with E-state index in [2.05, 4.69) is 6.07 Å². The first-order valence-electron chi connectivity index (χ1n) is 9.27. The molecule has 0 amide bonds. The Morgan fingerprint density at radius 2 is 1.73 bits per heavy atom. The maximum absolute atomic E-state index is 12.8. The Morgan fingerprint density at radius 1 is 1.03 bits per heavy atom. The van der Waals surface area contributed by atoms with Crippen molar-refractivity contribution in [1.82, 2.24) is 0 Å². The Morgan fingerprint density at radius 3 is 2.40 bits per heavy atom. The SMILES string of the molecule is COc1ccc(C2C(C#N)=C(N)Oc3c2ccc(=O)c2c(C)oc(C)c32)cc1OC. The number of rotatable bonds is 3. The number of benzene rings is 1. The highest BCUT2D eigenvalue weighted by atomic mass is 16.5. The van der Waals surface area contributed by atoms with Gasteiger partial charge in [-0.1, -0.05) is 12.1 Å². The van der Waals surface area contributed by atoms with Gasteiger partial charge in [-0.3, -0.25) is 4.79 Å². The summed E-state index contributed by atoms with van der Waals surface area (Å²) in [7, 11) is 3.09. The first-order chi connectivity index (χ1) is 14.4. The predicted octanol–water partition coefficient (Wildman–Crippen LogP) is 3.65. The summed E-state index contributed by atoms with van der Waals surface area (Å²) in [6, 6.07) is 10.7. The Labute approximate surface area is 172 Å². The summed E-state index contributed by atoms with van der Waals surface area (Å²) < 4.78 is 22.4. The summed E-state index contributed by atoms with van der Waals surface area (Å²) in [6.45, 7) is 3.50. The van der Waals surface area contributed by atoms with Gasteiger partial charge in [-0.25, -0.2) is 0 Å². The molecule has 0 saturated carbocycles. The van der Waals surface area contributed by atoms with Crippen molar-refractivity contribution in [2.75, 3.05) is 14.2 Å².